The molecule has 11 unspecified atom stereocenters. The van der Waals surface area contributed by atoms with E-state index in [0.717, 1.165) is 31.4 Å². The zero-order valence-electron chi connectivity index (χ0n) is 44.4. The van der Waals surface area contributed by atoms with Gasteiger partial charge in [-0.25, -0.2) is 19.6 Å². The lowest BCUT2D eigenvalue weighted by Gasteiger charge is -2.39. The molecule has 25 heteroatoms. The van der Waals surface area contributed by atoms with Crippen LogP contribution < -0.4 is 21.3 Å². The molecule has 2 aromatic carbocycles. The molecule has 2 bridgehead atoms. The van der Waals surface area contributed by atoms with Crippen LogP contribution in [0, 0.1) is 11.8 Å². The lowest BCUT2D eigenvalue weighted by atomic mass is 10.1. The molecule has 8 rings (SSSR count). The number of fused-ring (bicyclic) bond motifs is 6. The molecular weight excluding hydrogens is 1030 g/mol. The van der Waals surface area contributed by atoms with Crippen molar-refractivity contribution in [2.75, 3.05) is 47.2 Å². The minimum atomic E-state index is -1.74. The summed E-state index contributed by atoms with van der Waals surface area (Å²) in [6, 6.07) is 6.65. The number of cyclic esters (lactones) is 2. The number of thioether (sulfide) groups is 1. The Balaban J connectivity index is 1.17. The van der Waals surface area contributed by atoms with E-state index >= 15 is 9.59 Å². The lowest BCUT2D eigenvalue weighted by Crippen LogP contribution is -2.61. The maximum absolute atomic E-state index is 15.2. The van der Waals surface area contributed by atoms with Gasteiger partial charge in [-0.05, 0) is 62.8 Å². The molecular formula is C53H62N10O14S. The van der Waals surface area contributed by atoms with E-state index in [1.165, 1.54) is 54.2 Å². The van der Waals surface area contributed by atoms with Crippen LogP contribution in [0.5, 0.6) is 11.5 Å². The summed E-state index contributed by atoms with van der Waals surface area (Å²) in [6.45, 7) is 5.94. The summed E-state index contributed by atoms with van der Waals surface area (Å²) >= 11 is 1.02. The monoisotopic (exact) mass is 1090 g/mol. The third kappa shape index (κ3) is 10.4. The summed E-state index contributed by atoms with van der Waals surface area (Å²) in [5.74, 6) is -11.6. The summed E-state index contributed by atoms with van der Waals surface area (Å²) in [6.07, 6.45) is 0.150. The van der Waals surface area contributed by atoms with Crippen LogP contribution in [0.2, 0.25) is 0 Å². The fourth-order valence-corrected chi connectivity index (χ4v) is 11.7. The van der Waals surface area contributed by atoms with E-state index in [-0.39, 0.29) is 18.6 Å². The number of rotatable bonds is 4. The SMILES string of the molecule is CC1NC(=O)C(NC(=O)c2nc3ccccc3cc2O)COC(=O)C2(CC2C)N(C)C(=O)C2C(C)SCC(C(=O)N(C)C3(CC3C)C(=O)OCC(NC(=O)c3nc4ccccc4cc3O)C(=O)NC(C)C(=O)N2C)N(C)C1=O. The quantitative estimate of drug-likeness (QED) is 0.151. The Morgan fingerprint density at radius 3 is 1.44 bits per heavy atom. The number of amides is 8. The van der Waals surface area contributed by atoms with E-state index in [0.29, 0.717) is 21.8 Å². The molecule has 2 saturated heterocycles. The van der Waals surface area contributed by atoms with Crippen LogP contribution >= 0.6 is 11.8 Å². The van der Waals surface area contributed by atoms with E-state index in [4.69, 9.17) is 9.47 Å². The second-order valence-electron chi connectivity index (χ2n) is 20.6. The average molecular weight is 1100 g/mol. The van der Waals surface area contributed by atoms with Gasteiger partial charge in [0.25, 0.3) is 11.8 Å². The molecule has 24 nitrogen and oxygen atoms in total. The first-order chi connectivity index (χ1) is 36.8. The normalized spacial score (nSPS) is 30.0. The van der Waals surface area contributed by atoms with Gasteiger partial charge in [-0.3, -0.25) is 38.4 Å². The Kier molecular flexibility index (Phi) is 15.6. The van der Waals surface area contributed by atoms with Gasteiger partial charge in [0.15, 0.2) is 11.4 Å². The molecule has 4 heterocycles. The molecule has 2 aliphatic heterocycles. The Hall–Kier alpha value is -8.09. The highest BCUT2D eigenvalue weighted by atomic mass is 32.2. The molecule has 6 N–H and O–H groups in total. The minimum absolute atomic E-state index is 0.0738. The average Bonchev–Trinajstić information content (AvgIpc) is 4.47. The zero-order valence-corrected chi connectivity index (χ0v) is 45.2. The number of esters is 2. The van der Waals surface area contributed by atoms with Crippen molar-refractivity contribution in [2.45, 2.75) is 100 Å². The number of carbonyl (C=O) groups is 10. The highest BCUT2D eigenvalue weighted by Gasteiger charge is 2.65. The first-order valence-corrected chi connectivity index (χ1v) is 26.3. The van der Waals surface area contributed by atoms with Gasteiger partial charge < -0.3 is 60.6 Å². The van der Waals surface area contributed by atoms with Crippen molar-refractivity contribution < 1.29 is 67.6 Å². The summed E-state index contributed by atoms with van der Waals surface area (Å²) in [5.41, 5.74) is -3.57. The topological polar surface area (TPSA) is 316 Å². The number of carbonyl (C=O) groups excluding carboxylic acids is 10. The number of aromatic nitrogens is 2. The fourth-order valence-electron chi connectivity index (χ4n) is 10.4. The van der Waals surface area contributed by atoms with Gasteiger partial charge in [0.1, 0.15) is 72.0 Å². The van der Waals surface area contributed by atoms with Gasteiger partial charge in [-0.15, -0.1) is 0 Å². The van der Waals surface area contributed by atoms with Gasteiger partial charge >= 0.3 is 11.9 Å². The van der Waals surface area contributed by atoms with Crippen LogP contribution in [0.3, 0.4) is 0 Å². The maximum Gasteiger partial charge on any atom is 0.332 e. The van der Waals surface area contributed by atoms with Crippen molar-refractivity contribution in [2.24, 2.45) is 11.8 Å². The number of aromatic hydroxyl groups is 2. The van der Waals surface area contributed by atoms with Crippen molar-refractivity contribution >= 4 is 92.8 Å². The molecule has 8 amide bonds. The number of hydrogen-bond acceptors (Lipinski definition) is 17. The summed E-state index contributed by atoms with van der Waals surface area (Å²) in [5, 5.41) is 31.8. The third-order valence-electron chi connectivity index (χ3n) is 15.5. The summed E-state index contributed by atoms with van der Waals surface area (Å²) in [7, 11) is 5.31. The minimum Gasteiger partial charge on any atom is -0.505 e. The van der Waals surface area contributed by atoms with Gasteiger partial charge in [0.2, 0.25) is 35.4 Å². The Morgan fingerprint density at radius 2 is 1.01 bits per heavy atom. The van der Waals surface area contributed by atoms with E-state index < -0.39 is 160 Å². The molecule has 2 spiro atoms. The zero-order chi connectivity index (χ0) is 56.9. The van der Waals surface area contributed by atoms with Gasteiger partial charge in [0, 0.05) is 50.0 Å². The molecule has 414 valence electrons. The van der Waals surface area contributed by atoms with Gasteiger partial charge in [-0.2, -0.15) is 11.8 Å². The summed E-state index contributed by atoms with van der Waals surface area (Å²) in [4.78, 5) is 158. The van der Waals surface area contributed by atoms with Crippen LogP contribution in [0.4, 0.5) is 0 Å². The van der Waals surface area contributed by atoms with E-state index in [9.17, 15) is 48.6 Å². The van der Waals surface area contributed by atoms with Crippen molar-refractivity contribution in [3.05, 3.63) is 72.1 Å². The Labute approximate surface area is 452 Å². The van der Waals surface area contributed by atoms with Crippen LogP contribution in [0.25, 0.3) is 21.8 Å². The standard InChI is InChI=1S/C53H62N10O14S/c1-25-20-52(25)50(74)76-22-35(59-45(69)40-38(65)19-31-15-11-13-17-33(31)57-40)43(67)55-28(4)47(71)61(7)41-29(5)78-24-36(48(72)62(52)8)60(6)46(70)27(3)54-42(66)34(23-77-51(75)53(21-26(53)2)63(9)49(41)73)58-44(68)39-37(64)18-30-14-10-12-16-32(30)56-39/h10-19,25-29,34-36,41,64-65H,20-24H2,1-9H3,(H,54,66)(H,55,67)(H,58,68)(H,59,69). The first kappa shape index (κ1) is 56.1. The molecule has 2 aromatic heterocycles. The predicted octanol–water partition coefficient (Wildman–Crippen LogP) is 0.464. The smallest absolute Gasteiger partial charge is 0.332 e. The molecule has 11 atom stereocenters. The van der Waals surface area contributed by atoms with Crippen molar-refractivity contribution in [3.63, 3.8) is 0 Å². The Morgan fingerprint density at radius 1 is 0.615 bits per heavy atom. The van der Waals surface area contributed by atoms with Crippen LogP contribution in [0.15, 0.2) is 60.7 Å². The molecule has 4 fully saturated rings. The number of pyridine rings is 2. The molecule has 4 aromatic rings. The van der Waals surface area contributed by atoms with Gasteiger partial charge in [-0.1, -0.05) is 57.2 Å². The van der Waals surface area contributed by atoms with Gasteiger partial charge in [0.05, 0.1) is 11.0 Å². The molecule has 2 saturated carbocycles. The molecule has 78 heavy (non-hydrogen) atoms. The number of hydrogen-bond donors (Lipinski definition) is 6. The van der Waals surface area contributed by atoms with Crippen LogP contribution in [0.1, 0.15) is 68.4 Å². The second-order valence-corrected chi connectivity index (χ2v) is 22.0. The van der Waals surface area contributed by atoms with Crippen LogP contribution in [-0.4, -0.2) is 199 Å². The van der Waals surface area contributed by atoms with Crippen LogP contribution in [-0.2, 0) is 47.8 Å². The second kappa shape index (κ2) is 21.7. The maximum atomic E-state index is 15.2. The molecule has 0 radical (unpaired) electrons. The number of nitrogens with zero attached hydrogens (tertiary/aromatic N) is 6. The number of para-hydroxylation sites is 2. The number of ether oxygens (including phenoxy) is 2. The largest absolute Gasteiger partial charge is 0.505 e. The molecule has 4 aliphatic rings. The lowest BCUT2D eigenvalue weighted by molar-refractivity contribution is -0.161. The van der Waals surface area contributed by atoms with Crippen molar-refractivity contribution in [3.8, 4) is 11.5 Å². The highest BCUT2D eigenvalue weighted by Crippen LogP contribution is 2.50. The fraction of sp³-hybridized carbons (Fsp3) is 0.472. The van der Waals surface area contributed by atoms with E-state index in [1.54, 1.807) is 69.3 Å². The number of nitrogens with one attached hydrogen (secondary N) is 4. The molecule has 2 aliphatic carbocycles. The highest BCUT2D eigenvalue weighted by molar-refractivity contribution is 8.00. The van der Waals surface area contributed by atoms with Crippen molar-refractivity contribution in [1.29, 1.82) is 0 Å². The number of benzene rings is 2. The Bertz CT molecular complexity index is 3160. The van der Waals surface area contributed by atoms with E-state index in [1.807, 2.05) is 0 Å². The predicted molar refractivity (Wildman–Crippen MR) is 280 cm³/mol. The number of likely N-dealkylation sites (N-methyl/N-ethyl adjacent to an activating group) is 4. The van der Waals surface area contributed by atoms with Crippen molar-refractivity contribution in [1.82, 2.24) is 50.8 Å². The first-order valence-electron chi connectivity index (χ1n) is 25.3. The summed E-state index contributed by atoms with van der Waals surface area (Å²) < 4.78 is 11.6. The van der Waals surface area contributed by atoms with E-state index in [2.05, 4.69) is 31.2 Å². The third-order valence-corrected chi connectivity index (χ3v) is 16.8.